The van der Waals surface area contributed by atoms with Crippen molar-refractivity contribution in [1.29, 1.82) is 0 Å². The molecule has 44 valence electrons. The van der Waals surface area contributed by atoms with Gasteiger partial charge < -0.3 is 5.11 Å². The summed E-state index contributed by atoms with van der Waals surface area (Å²) in [6.45, 7) is 1.91. The molecule has 0 amide bonds. The average molecular weight is 120 g/mol. The Balaban J connectivity index is 2.39. The van der Waals surface area contributed by atoms with Gasteiger partial charge in [0.25, 0.3) is 0 Å². The van der Waals surface area contributed by atoms with Crippen molar-refractivity contribution in [3.63, 3.8) is 0 Å². The predicted molar refractivity (Wildman–Crippen MR) is 34.9 cm³/mol. The van der Waals surface area contributed by atoms with Crippen molar-refractivity contribution in [1.82, 2.24) is 0 Å². The van der Waals surface area contributed by atoms with E-state index < -0.39 is 10.0 Å². The Kier molecular flexibility index (Phi) is 1.08. The molecule has 1 saturated heterocycles. The monoisotopic (exact) mass is 120 g/mol. The molecule has 1 nitrogen and oxygen atoms in total. The van der Waals surface area contributed by atoms with E-state index in [1.165, 1.54) is 11.5 Å². The maximum Gasteiger partial charge on any atom is 0.0813 e. The molecule has 1 heterocycles. The van der Waals surface area contributed by atoms with Crippen LogP contribution in [0.2, 0.25) is 0 Å². The third-order valence-electron chi connectivity index (χ3n) is 1.67. The molecule has 0 spiro atoms. The zero-order valence-corrected chi connectivity index (χ0v) is 5.66. The minimum Gasteiger partial charge on any atom is -0.384 e. The van der Waals surface area contributed by atoms with Crippen molar-refractivity contribution in [2.24, 2.45) is 0 Å². The van der Waals surface area contributed by atoms with Crippen LogP contribution in [0, 0.1) is 0 Å². The second-order valence-electron chi connectivity index (χ2n) is 2.36. The topological polar surface area (TPSA) is 20.2 Å². The summed E-state index contributed by atoms with van der Waals surface area (Å²) in [5.74, 6) is 2.59. The van der Waals surface area contributed by atoms with Crippen LogP contribution in [0.5, 0.6) is 0 Å². The Morgan fingerprint density at radius 2 is 2.00 bits per heavy atom. The Morgan fingerprint density at radius 1 is 1.57 bits per heavy atom. The molecule has 1 aliphatic heterocycles. The lowest BCUT2D eigenvalue weighted by atomic mass is 10.9. The largest absolute Gasteiger partial charge is 0.384 e. The fraction of sp³-hybridized carbons (Fsp3) is 1.00. The summed E-state index contributed by atoms with van der Waals surface area (Å²) in [5, 5.41) is 8.99. The van der Waals surface area contributed by atoms with Gasteiger partial charge in [-0.25, -0.2) is 10.0 Å². The second kappa shape index (κ2) is 1.39. The van der Waals surface area contributed by atoms with Gasteiger partial charge in [0.15, 0.2) is 0 Å². The van der Waals surface area contributed by atoms with Crippen molar-refractivity contribution in [3.8, 4) is 0 Å². The smallest absolute Gasteiger partial charge is 0.0813 e. The van der Waals surface area contributed by atoms with Crippen molar-refractivity contribution in [2.75, 3.05) is 17.8 Å². The van der Waals surface area contributed by atoms with E-state index in [1.807, 2.05) is 6.92 Å². The second-order valence-corrected chi connectivity index (χ2v) is 6.56. The molecule has 1 N–H and O–H groups in total. The Morgan fingerprint density at radius 3 is 2.00 bits per heavy atom. The van der Waals surface area contributed by atoms with E-state index in [0.29, 0.717) is 0 Å². The lowest BCUT2D eigenvalue weighted by Gasteiger charge is -2.15. The van der Waals surface area contributed by atoms with E-state index in [1.54, 1.807) is 0 Å². The number of hydrogen-bond donors (Lipinski definition) is 1. The van der Waals surface area contributed by atoms with Gasteiger partial charge in [0.05, 0.1) is 5.44 Å². The molecule has 1 aliphatic rings. The van der Waals surface area contributed by atoms with Crippen LogP contribution in [-0.2, 0) is 0 Å². The number of aliphatic hydroxyl groups is 1. The van der Waals surface area contributed by atoms with Crippen molar-refractivity contribution < 1.29 is 5.11 Å². The highest BCUT2D eigenvalue weighted by atomic mass is 32.3. The van der Waals surface area contributed by atoms with Crippen LogP contribution in [-0.4, -0.2) is 28.3 Å². The summed E-state index contributed by atoms with van der Waals surface area (Å²) < 4.78 is 0. The quantitative estimate of drug-likeness (QED) is 0.507. The van der Waals surface area contributed by atoms with Crippen molar-refractivity contribution in [3.05, 3.63) is 0 Å². The first-order chi connectivity index (χ1) is 3.15. The molecular weight excluding hydrogens is 108 g/mol. The first kappa shape index (κ1) is 5.45. The van der Waals surface area contributed by atoms with E-state index in [2.05, 4.69) is 6.26 Å². The van der Waals surface area contributed by atoms with E-state index in [9.17, 15) is 0 Å². The molecule has 0 aromatic carbocycles. The van der Waals surface area contributed by atoms with Gasteiger partial charge in [0, 0.05) is 0 Å². The maximum atomic E-state index is 8.99. The molecule has 0 saturated carbocycles. The van der Waals surface area contributed by atoms with E-state index >= 15 is 0 Å². The SMILES string of the molecule is CC(O)S1(C)CC1. The minimum atomic E-state index is -0.435. The van der Waals surface area contributed by atoms with E-state index in [4.69, 9.17) is 5.11 Å². The van der Waals surface area contributed by atoms with Gasteiger partial charge in [-0.05, 0) is 24.7 Å². The standard InChI is InChI=1S/C5H12OS/c1-5(6)7(2)3-4-7/h5-6H,3-4H2,1-2H3. The summed E-state index contributed by atoms with van der Waals surface area (Å²) >= 11 is 0. The average Bonchev–Trinajstić information content (AvgIpc) is 2.21. The summed E-state index contributed by atoms with van der Waals surface area (Å²) in [7, 11) is -0.435. The van der Waals surface area contributed by atoms with Crippen LogP contribution in [0.1, 0.15) is 6.92 Å². The van der Waals surface area contributed by atoms with Crippen LogP contribution in [0.3, 0.4) is 0 Å². The van der Waals surface area contributed by atoms with Gasteiger partial charge >= 0.3 is 0 Å². The van der Waals surface area contributed by atoms with E-state index in [0.717, 1.165) is 0 Å². The maximum absolute atomic E-state index is 8.99. The molecular formula is C5H12OS. The highest BCUT2D eigenvalue weighted by molar-refractivity contribution is 8.39. The van der Waals surface area contributed by atoms with Crippen LogP contribution in [0.25, 0.3) is 0 Å². The van der Waals surface area contributed by atoms with Crippen LogP contribution in [0.15, 0.2) is 0 Å². The van der Waals surface area contributed by atoms with Gasteiger partial charge in [-0.2, -0.15) is 0 Å². The van der Waals surface area contributed by atoms with Crippen LogP contribution in [0.4, 0.5) is 0 Å². The van der Waals surface area contributed by atoms with Gasteiger partial charge in [0.1, 0.15) is 0 Å². The fourth-order valence-electron chi connectivity index (χ4n) is 0.473. The molecule has 0 radical (unpaired) electrons. The minimum absolute atomic E-state index is 0.00694. The van der Waals surface area contributed by atoms with E-state index in [-0.39, 0.29) is 5.44 Å². The molecule has 0 aromatic heterocycles. The van der Waals surface area contributed by atoms with Gasteiger partial charge in [-0.3, -0.25) is 0 Å². The lowest BCUT2D eigenvalue weighted by molar-refractivity contribution is 0.281. The molecule has 0 aromatic rings. The zero-order valence-electron chi connectivity index (χ0n) is 4.85. The number of aliphatic hydroxyl groups excluding tert-OH is 1. The van der Waals surface area contributed by atoms with Crippen molar-refractivity contribution in [2.45, 2.75) is 12.4 Å². The first-order valence-electron chi connectivity index (χ1n) is 2.56. The molecule has 2 heteroatoms. The normalized spacial score (nSPS) is 34.1. The number of hydrogen-bond acceptors (Lipinski definition) is 1. The highest BCUT2D eigenvalue weighted by Gasteiger charge is 2.35. The molecule has 1 rings (SSSR count). The third-order valence-corrected chi connectivity index (χ3v) is 5.01. The highest BCUT2D eigenvalue weighted by Crippen LogP contribution is 2.60. The molecule has 1 atom stereocenters. The molecule has 0 aliphatic carbocycles. The molecule has 0 bridgehead atoms. The fourth-order valence-corrected chi connectivity index (χ4v) is 2.21. The predicted octanol–water partition coefficient (Wildman–Crippen LogP) is 0.773. The summed E-state index contributed by atoms with van der Waals surface area (Å²) in [6.07, 6.45) is 2.21. The Labute approximate surface area is 46.0 Å². The summed E-state index contributed by atoms with van der Waals surface area (Å²) in [5.41, 5.74) is -0.00694. The summed E-state index contributed by atoms with van der Waals surface area (Å²) in [6, 6.07) is 0. The molecule has 1 fully saturated rings. The number of rotatable bonds is 1. The van der Waals surface area contributed by atoms with Crippen LogP contribution >= 0.6 is 10.0 Å². The van der Waals surface area contributed by atoms with Gasteiger partial charge in [-0.1, -0.05) is 0 Å². The van der Waals surface area contributed by atoms with Crippen LogP contribution < -0.4 is 0 Å². The zero-order chi connectivity index (χ0) is 5.49. The molecule has 1 unspecified atom stereocenters. The van der Waals surface area contributed by atoms with Crippen molar-refractivity contribution >= 4 is 10.0 Å². The Bertz CT molecular complexity index is 76.1. The third kappa shape index (κ3) is 0.916. The van der Waals surface area contributed by atoms with Gasteiger partial charge in [0.2, 0.25) is 0 Å². The lowest BCUT2D eigenvalue weighted by Crippen LogP contribution is -1.99. The summed E-state index contributed by atoms with van der Waals surface area (Å²) in [4.78, 5) is 0. The first-order valence-corrected chi connectivity index (χ1v) is 5.00. The molecule has 7 heavy (non-hydrogen) atoms. The van der Waals surface area contributed by atoms with Gasteiger partial charge in [-0.15, -0.1) is 0 Å². The Hall–Kier alpha value is 0.310.